The van der Waals surface area contributed by atoms with E-state index in [1.807, 2.05) is 12.1 Å². The van der Waals surface area contributed by atoms with Crippen LogP contribution in [0.15, 0.2) is 53.0 Å². The number of nitrogens with zero attached hydrogens (tertiary/aromatic N) is 3. The second kappa shape index (κ2) is 7.62. The van der Waals surface area contributed by atoms with E-state index >= 15 is 0 Å². The van der Waals surface area contributed by atoms with Gasteiger partial charge in [-0.2, -0.15) is 5.10 Å². The van der Waals surface area contributed by atoms with E-state index in [0.29, 0.717) is 10.2 Å². The molecule has 0 fully saturated rings. The number of hydrogen-bond donors (Lipinski definition) is 1. The fraction of sp³-hybridized carbons (Fsp3) is 0.0769. The summed E-state index contributed by atoms with van der Waals surface area (Å²) in [5.41, 5.74) is 3.29. The van der Waals surface area contributed by atoms with Gasteiger partial charge in [0, 0.05) is 17.4 Å². The second-order valence-electron chi connectivity index (χ2n) is 3.66. The Kier molecular flexibility index (Phi) is 5.52. The van der Waals surface area contributed by atoms with E-state index in [-0.39, 0.29) is 11.7 Å². The first-order chi connectivity index (χ1) is 9.74. The van der Waals surface area contributed by atoms with Crippen molar-refractivity contribution in [2.75, 3.05) is 5.75 Å². The number of benzene rings is 1. The Bertz CT molecular complexity index is 589. The van der Waals surface area contributed by atoms with Crippen molar-refractivity contribution in [1.82, 2.24) is 15.4 Å². The SMILES string of the molecule is O=C(CSc1ncccn1)NN=Cc1ccc(Cl)cc1. The maximum Gasteiger partial charge on any atom is 0.250 e. The van der Waals surface area contributed by atoms with E-state index in [1.165, 1.54) is 11.8 Å². The first kappa shape index (κ1) is 14.5. The molecular formula is C13H11ClN4OS. The minimum absolute atomic E-state index is 0.210. The molecule has 0 spiro atoms. The third kappa shape index (κ3) is 4.99. The van der Waals surface area contributed by atoms with Crippen LogP contribution in [0.25, 0.3) is 0 Å². The molecule has 2 rings (SSSR count). The van der Waals surface area contributed by atoms with Crippen molar-refractivity contribution in [2.45, 2.75) is 5.16 Å². The molecule has 2 aromatic rings. The Balaban J connectivity index is 1.76. The van der Waals surface area contributed by atoms with Crippen molar-refractivity contribution in [3.8, 4) is 0 Å². The molecule has 1 heterocycles. The zero-order valence-electron chi connectivity index (χ0n) is 10.4. The van der Waals surface area contributed by atoms with Crippen molar-refractivity contribution in [1.29, 1.82) is 0 Å². The third-order valence-corrected chi connectivity index (χ3v) is 3.27. The molecule has 1 N–H and O–H groups in total. The Morgan fingerprint density at radius 1 is 1.30 bits per heavy atom. The summed E-state index contributed by atoms with van der Waals surface area (Å²) in [5, 5.41) is 5.08. The normalized spacial score (nSPS) is 10.7. The molecule has 0 unspecified atom stereocenters. The van der Waals surface area contributed by atoms with Gasteiger partial charge in [0.05, 0.1) is 12.0 Å². The lowest BCUT2D eigenvalue weighted by Crippen LogP contribution is -2.19. The Hall–Kier alpha value is -1.92. The molecule has 0 radical (unpaired) electrons. The standard InChI is InChI=1S/C13H11ClN4OS/c14-11-4-2-10(3-5-11)8-17-18-12(19)9-20-13-15-6-1-7-16-13/h1-8H,9H2,(H,18,19). The molecule has 0 bridgehead atoms. The largest absolute Gasteiger partial charge is 0.272 e. The van der Waals surface area contributed by atoms with Gasteiger partial charge in [-0.05, 0) is 23.8 Å². The van der Waals surface area contributed by atoms with Crippen LogP contribution in [0.4, 0.5) is 0 Å². The summed E-state index contributed by atoms with van der Waals surface area (Å²) < 4.78 is 0. The van der Waals surface area contributed by atoms with E-state index in [2.05, 4.69) is 20.5 Å². The Morgan fingerprint density at radius 2 is 2.00 bits per heavy atom. The van der Waals surface area contributed by atoms with Crippen molar-refractivity contribution in [3.05, 3.63) is 53.3 Å². The van der Waals surface area contributed by atoms with Crippen molar-refractivity contribution >= 4 is 35.5 Å². The number of hydrogen-bond acceptors (Lipinski definition) is 5. The summed E-state index contributed by atoms with van der Waals surface area (Å²) >= 11 is 7.02. The van der Waals surface area contributed by atoms with Crippen molar-refractivity contribution in [3.63, 3.8) is 0 Å². The number of halogens is 1. The maximum absolute atomic E-state index is 11.5. The molecule has 7 heteroatoms. The van der Waals surface area contributed by atoms with Crippen LogP contribution in [0.3, 0.4) is 0 Å². The summed E-state index contributed by atoms with van der Waals surface area (Å²) in [6.07, 6.45) is 4.82. The summed E-state index contributed by atoms with van der Waals surface area (Å²) in [5.74, 6) is -0.00483. The highest BCUT2D eigenvalue weighted by Gasteiger charge is 2.02. The third-order valence-electron chi connectivity index (χ3n) is 2.15. The second-order valence-corrected chi connectivity index (χ2v) is 5.04. The minimum Gasteiger partial charge on any atom is -0.272 e. The van der Waals surface area contributed by atoms with Gasteiger partial charge in [0.25, 0.3) is 5.91 Å². The number of nitrogens with one attached hydrogen (secondary N) is 1. The van der Waals surface area contributed by atoms with Gasteiger partial charge in [-0.25, -0.2) is 15.4 Å². The van der Waals surface area contributed by atoms with Crippen LogP contribution in [0.2, 0.25) is 5.02 Å². The van der Waals surface area contributed by atoms with Crippen LogP contribution < -0.4 is 5.43 Å². The van der Waals surface area contributed by atoms with Crippen molar-refractivity contribution < 1.29 is 4.79 Å². The van der Waals surface area contributed by atoms with E-state index in [4.69, 9.17) is 11.6 Å². The fourth-order valence-electron chi connectivity index (χ4n) is 1.25. The Morgan fingerprint density at radius 3 is 2.70 bits per heavy atom. The number of aromatic nitrogens is 2. The van der Waals surface area contributed by atoms with Gasteiger partial charge in [0.1, 0.15) is 0 Å². The molecule has 0 aliphatic rings. The highest BCUT2D eigenvalue weighted by molar-refractivity contribution is 7.99. The molecule has 5 nitrogen and oxygen atoms in total. The first-order valence-corrected chi connectivity index (χ1v) is 7.08. The predicted molar refractivity (Wildman–Crippen MR) is 79.9 cm³/mol. The van der Waals surface area contributed by atoms with Gasteiger partial charge in [-0.15, -0.1) is 0 Å². The van der Waals surface area contributed by atoms with Crippen LogP contribution in [0.1, 0.15) is 5.56 Å². The predicted octanol–water partition coefficient (Wildman–Crippen LogP) is 2.37. The summed E-state index contributed by atoms with van der Waals surface area (Å²) in [4.78, 5) is 19.6. The lowest BCUT2D eigenvalue weighted by Gasteiger charge is -1.99. The topological polar surface area (TPSA) is 67.2 Å². The number of carbonyl (C=O) groups excluding carboxylic acids is 1. The molecule has 0 aliphatic carbocycles. The lowest BCUT2D eigenvalue weighted by molar-refractivity contribution is -0.118. The average Bonchev–Trinajstić information content (AvgIpc) is 2.48. The minimum atomic E-state index is -0.215. The van der Waals surface area contributed by atoms with Crippen LogP contribution >= 0.6 is 23.4 Å². The van der Waals surface area contributed by atoms with E-state index in [9.17, 15) is 4.79 Å². The summed E-state index contributed by atoms with van der Waals surface area (Å²) in [6, 6.07) is 8.86. The molecule has 0 saturated carbocycles. The van der Waals surface area contributed by atoms with Crippen LogP contribution in [0, 0.1) is 0 Å². The fourth-order valence-corrected chi connectivity index (χ4v) is 1.97. The van der Waals surface area contributed by atoms with Gasteiger partial charge in [-0.1, -0.05) is 35.5 Å². The van der Waals surface area contributed by atoms with Crippen LogP contribution in [0.5, 0.6) is 0 Å². The molecule has 0 aliphatic heterocycles. The summed E-state index contributed by atoms with van der Waals surface area (Å²) in [6.45, 7) is 0. The molecule has 20 heavy (non-hydrogen) atoms. The Labute approximate surface area is 125 Å². The van der Waals surface area contributed by atoms with Crippen LogP contribution in [-0.2, 0) is 4.79 Å². The lowest BCUT2D eigenvalue weighted by atomic mass is 10.2. The number of hydrazone groups is 1. The zero-order chi connectivity index (χ0) is 14.2. The van der Waals surface area contributed by atoms with Gasteiger partial charge < -0.3 is 0 Å². The first-order valence-electron chi connectivity index (χ1n) is 5.71. The van der Waals surface area contributed by atoms with Gasteiger partial charge in [-0.3, -0.25) is 4.79 Å². The number of thioether (sulfide) groups is 1. The zero-order valence-corrected chi connectivity index (χ0v) is 11.9. The maximum atomic E-state index is 11.5. The molecule has 1 aromatic carbocycles. The molecule has 102 valence electrons. The molecular weight excluding hydrogens is 296 g/mol. The van der Waals surface area contributed by atoms with Gasteiger partial charge in [0.15, 0.2) is 5.16 Å². The van der Waals surface area contributed by atoms with Crippen molar-refractivity contribution in [2.24, 2.45) is 5.10 Å². The highest BCUT2D eigenvalue weighted by Crippen LogP contribution is 2.10. The average molecular weight is 307 g/mol. The van der Waals surface area contributed by atoms with Gasteiger partial charge in [0.2, 0.25) is 0 Å². The number of rotatable bonds is 5. The van der Waals surface area contributed by atoms with E-state index in [0.717, 1.165) is 5.56 Å². The molecule has 1 amide bonds. The highest BCUT2D eigenvalue weighted by atomic mass is 35.5. The number of amides is 1. The number of carbonyl (C=O) groups is 1. The monoisotopic (exact) mass is 306 g/mol. The van der Waals surface area contributed by atoms with E-state index in [1.54, 1.807) is 36.8 Å². The summed E-state index contributed by atoms with van der Waals surface area (Å²) in [7, 11) is 0. The van der Waals surface area contributed by atoms with Crippen LogP contribution in [-0.4, -0.2) is 27.8 Å². The molecule has 0 saturated heterocycles. The molecule has 1 aromatic heterocycles. The quantitative estimate of drug-likeness (QED) is 0.398. The van der Waals surface area contributed by atoms with E-state index < -0.39 is 0 Å². The smallest absolute Gasteiger partial charge is 0.250 e. The van der Waals surface area contributed by atoms with Gasteiger partial charge >= 0.3 is 0 Å². The molecule has 0 atom stereocenters.